The van der Waals surface area contributed by atoms with E-state index in [0.717, 1.165) is 19.5 Å². The fourth-order valence-corrected chi connectivity index (χ4v) is 3.94. The molecule has 1 fully saturated rings. The lowest BCUT2D eigenvalue weighted by Crippen LogP contribution is -2.48. The minimum absolute atomic E-state index is 0.0646. The summed E-state index contributed by atoms with van der Waals surface area (Å²) < 4.78 is 32.9. The maximum absolute atomic E-state index is 12.5. The number of rotatable bonds is 4. The first-order chi connectivity index (χ1) is 9.97. The van der Waals surface area contributed by atoms with Gasteiger partial charge in [-0.05, 0) is 43.6 Å². The Morgan fingerprint density at radius 3 is 2.86 bits per heavy atom. The molecule has 0 aliphatic carbocycles. The number of sulfonamides is 1. The van der Waals surface area contributed by atoms with E-state index in [1.54, 1.807) is 0 Å². The minimum atomic E-state index is -3.67. The van der Waals surface area contributed by atoms with E-state index in [1.807, 2.05) is 13.0 Å². The molecular formula is C14H19N3O3S. The molecule has 114 valence electrons. The monoisotopic (exact) mass is 309 g/mol. The molecule has 1 aliphatic rings. The average Bonchev–Trinajstić information content (AvgIpc) is 2.48. The molecule has 0 bridgehead atoms. The predicted molar refractivity (Wildman–Crippen MR) is 78.5 cm³/mol. The van der Waals surface area contributed by atoms with Crippen LogP contribution in [0.25, 0.3) is 0 Å². The molecule has 1 aliphatic heterocycles. The van der Waals surface area contributed by atoms with Crippen molar-refractivity contribution in [3.05, 3.63) is 23.8 Å². The third-order valence-electron chi connectivity index (χ3n) is 3.67. The second-order valence-corrected chi connectivity index (χ2v) is 6.86. The Balaban J connectivity index is 2.29. The summed E-state index contributed by atoms with van der Waals surface area (Å²) in [5.41, 5.74) is 0.362. The summed E-state index contributed by atoms with van der Waals surface area (Å²) in [6.07, 6.45) is 0.749. The van der Waals surface area contributed by atoms with E-state index < -0.39 is 10.0 Å². The Morgan fingerprint density at radius 1 is 1.48 bits per heavy atom. The highest BCUT2D eigenvalue weighted by atomic mass is 32.2. The summed E-state index contributed by atoms with van der Waals surface area (Å²) in [4.78, 5) is 0.0646. The second-order valence-electron chi connectivity index (χ2n) is 5.18. The molecule has 1 aromatic rings. The van der Waals surface area contributed by atoms with Gasteiger partial charge in [0.2, 0.25) is 10.0 Å². The Labute approximate surface area is 125 Å². The molecule has 0 saturated carbocycles. The van der Waals surface area contributed by atoms with Gasteiger partial charge in [0.05, 0.1) is 18.7 Å². The van der Waals surface area contributed by atoms with Gasteiger partial charge in [0.25, 0.3) is 0 Å². The highest BCUT2D eigenvalue weighted by Crippen LogP contribution is 2.26. The molecule has 2 N–H and O–H groups in total. The fourth-order valence-electron chi connectivity index (χ4n) is 2.41. The van der Waals surface area contributed by atoms with Crippen molar-refractivity contribution in [1.82, 2.24) is 10.0 Å². The zero-order chi connectivity index (χ0) is 15.5. The zero-order valence-electron chi connectivity index (χ0n) is 12.1. The molecule has 2 rings (SSSR count). The van der Waals surface area contributed by atoms with Gasteiger partial charge in [-0.1, -0.05) is 6.92 Å². The van der Waals surface area contributed by atoms with E-state index in [4.69, 9.17) is 10.00 Å². The predicted octanol–water partition coefficient (Wildman–Crippen LogP) is 0.843. The van der Waals surface area contributed by atoms with Crippen molar-refractivity contribution in [2.75, 3.05) is 20.2 Å². The largest absolute Gasteiger partial charge is 0.495 e. The summed E-state index contributed by atoms with van der Waals surface area (Å²) in [7, 11) is -2.28. The summed E-state index contributed by atoms with van der Waals surface area (Å²) in [6, 6.07) is 6.18. The lowest BCUT2D eigenvalue weighted by molar-refractivity contribution is 0.327. The summed E-state index contributed by atoms with van der Waals surface area (Å²) in [6.45, 7) is 3.59. The molecule has 0 aromatic heterocycles. The van der Waals surface area contributed by atoms with E-state index in [2.05, 4.69) is 10.0 Å². The summed E-state index contributed by atoms with van der Waals surface area (Å²) >= 11 is 0. The number of piperidine rings is 1. The van der Waals surface area contributed by atoms with Gasteiger partial charge in [-0.2, -0.15) is 5.26 Å². The van der Waals surface area contributed by atoms with Crippen molar-refractivity contribution in [2.45, 2.75) is 24.3 Å². The molecule has 2 atom stereocenters. The van der Waals surface area contributed by atoms with Crippen LogP contribution >= 0.6 is 0 Å². The number of methoxy groups -OCH3 is 1. The Morgan fingerprint density at radius 2 is 2.24 bits per heavy atom. The lowest BCUT2D eigenvalue weighted by Gasteiger charge is -2.30. The summed E-state index contributed by atoms with van der Waals surface area (Å²) in [5.74, 6) is 0.404. The van der Waals surface area contributed by atoms with Gasteiger partial charge in [0, 0.05) is 6.04 Å². The maximum atomic E-state index is 12.5. The van der Waals surface area contributed by atoms with Crippen LogP contribution in [0.2, 0.25) is 0 Å². The van der Waals surface area contributed by atoms with E-state index >= 15 is 0 Å². The number of benzene rings is 1. The minimum Gasteiger partial charge on any atom is -0.495 e. The first-order valence-corrected chi connectivity index (χ1v) is 8.27. The number of hydrogen-bond donors (Lipinski definition) is 2. The van der Waals surface area contributed by atoms with Crippen LogP contribution in [0.15, 0.2) is 23.1 Å². The van der Waals surface area contributed by atoms with Crippen LogP contribution in [-0.2, 0) is 10.0 Å². The van der Waals surface area contributed by atoms with Crippen molar-refractivity contribution in [2.24, 2.45) is 5.92 Å². The van der Waals surface area contributed by atoms with E-state index in [0.29, 0.717) is 5.56 Å². The molecule has 1 aromatic carbocycles. The van der Waals surface area contributed by atoms with Gasteiger partial charge >= 0.3 is 0 Å². The quantitative estimate of drug-likeness (QED) is 0.860. The number of nitrogens with zero attached hydrogens (tertiary/aromatic N) is 1. The van der Waals surface area contributed by atoms with Gasteiger partial charge in [-0.3, -0.25) is 0 Å². The molecule has 0 amide bonds. The fraction of sp³-hybridized carbons (Fsp3) is 0.500. The molecule has 0 spiro atoms. The smallest absolute Gasteiger partial charge is 0.244 e. The third kappa shape index (κ3) is 3.53. The molecule has 2 unspecified atom stereocenters. The lowest BCUT2D eigenvalue weighted by atomic mass is 9.97. The van der Waals surface area contributed by atoms with Crippen molar-refractivity contribution in [3.63, 3.8) is 0 Å². The van der Waals surface area contributed by atoms with Gasteiger partial charge in [0.1, 0.15) is 10.6 Å². The second kappa shape index (κ2) is 6.43. The first kappa shape index (κ1) is 15.8. The standard InChI is InChI=1S/C14H19N3O3S/c1-10-9-16-6-5-12(10)17-21(18,19)14-4-3-11(8-15)7-13(14)20-2/h3-4,7,10,12,16-17H,5-6,9H2,1-2H3. The van der Waals surface area contributed by atoms with E-state index in [1.165, 1.54) is 25.3 Å². The Hall–Kier alpha value is -1.62. The molecule has 0 radical (unpaired) electrons. The molecule has 7 heteroatoms. The van der Waals surface area contributed by atoms with Crippen LogP contribution in [0, 0.1) is 17.2 Å². The molecular weight excluding hydrogens is 290 g/mol. The van der Waals surface area contributed by atoms with Crippen LogP contribution < -0.4 is 14.8 Å². The van der Waals surface area contributed by atoms with Crippen LogP contribution in [0.4, 0.5) is 0 Å². The van der Waals surface area contributed by atoms with Gasteiger partial charge in [-0.25, -0.2) is 13.1 Å². The van der Waals surface area contributed by atoms with Gasteiger partial charge < -0.3 is 10.1 Å². The average molecular weight is 309 g/mol. The van der Waals surface area contributed by atoms with E-state index in [-0.39, 0.29) is 22.6 Å². The van der Waals surface area contributed by atoms with Crippen LogP contribution in [-0.4, -0.2) is 34.7 Å². The van der Waals surface area contributed by atoms with Crippen molar-refractivity contribution >= 4 is 10.0 Å². The van der Waals surface area contributed by atoms with Crippen molar-refractivity contribution < 1.29 is 13.2 Å². The normalized spacial score (nSPS) is 22.5. The molecule has 21 heavy (non-hydrogen) atoms. The van der Waals surface area contributed by atoms with Crippen molar-refractivity contribution in [1.29, 1.82) is 5.26 Å². The van der Waals surface area contributed by atoms with Gasteiger partial charge in [0.15, 0.2) is 0 Å². The molecule has 1 saturated heterocycles. The molecule has 6 nitrogen and oxygen atoms in total. The molecule has 1 heterocycles. The van der Waals surface area contributed by atoms with E-state index in [9.17, 15) is 8.42 Å². The SMILES string of the molecule is COc1cc(C#N)ccc1S(=O)(=O)NC1CCNCC1C. The summed E-state index contributed by atoms with van der Waals surface area (Å²) in [5, 5.41) is 12.1. The highest BCUT2D eigenvalue weighted by Gasteiger charge is 2.28. The topological polar surface area (TPSA) is 91.2 Å². The number of ether oxygens (including phenoxy) is 1. The Bertz CT molecular complexity index is 652. The van der Waals surface area contributed by atoms with Crippen molar-refractivity contribution in [3.8, 4) is 11.8 Å². The maximum Gasteiger partial charge on any atom is 0.244 e. The zero-order valence-corrected chi connectivity index (χ0v) is 12.9. The number of hydrogen-bond acceptors (Lipinski definition) is 5. The van der Waals surface area contributed by atoms with Crippen LogP contribution in [0.1, 0.15) is 18.9 Å². The third-order valence-corrected chi connectivity index (χ3v) is 5.20. The number of nitriles is 1. The van der Waals surface area contributed by atoms with Crippen LogP contribution in [0.3, 0.4) is 0 Å². The highest BCUT2D eigenvalue weighted by molar-refractivity contribution is 7.89. The van der Waals surface area contributed by atoms with Gasteiger partial charge in [-0.15, -0.1) is 0 Å². The first-order valence-electron chi connectivity index (χ1n) is 6.79. The number of nitrogens with one attached hydrogen (secondary N) is 2. The Kier molecular flexibility index (Phi) is 4.83. The van der Waals surface area contributed by atoms with Crippen LogP contribution in [0.5, 0.6) is 5.75 Å².